The highest BCUT2D eigenvalue weighted by atomic mass is 127. The Labute approximate surface area is 172 Å². The number of esters is 1. The van der Waals surface area contributed by atoms with E-state index < -0.39 is 0 Å². The normalized spacial score (nSPS) is 22.6. The highest BCUT2D eigenvalue weighted by Gasteiger charge is 2.35. The molecule has 0 bridgehead atoms. The maximum atomic E-state index is 11.7. The first-order valence-corrected chi connectivity index (χ1v) is 9.33. The lowest BCUT2D eigenvalue weighted by Gasteiger charge is -2.22. The Bertz CT molecular complexity index is 630. The number of rotatable bonds is 4. The topological polar surface area (TPSA) is 67.1 Å². The number of aryl methyl sites for hydroxylation is 1. The summed E-state index contributed by atoms with van der Waals surface area (Å²) in [6.45, 7) is 7.32. The minimum absolute atomic E-state index is 0. The second-order valence-corrected chi connectivity index (χ2v) is 7.05. The minimum atomic E-state index is -0.369. The average molecular weight is 475 g/mol. The van der Waals surface area contributed by atoms with Crippen molar-refractivity contribution in [2.24, 2.45) is 16.8 Å². The maximum absolute atomic E-state index is 11.7. The van der Waals surface area contributed by atoms with E-state index in [1.54, 1.807) is 13.0 Å². The monoisotopic (exact) mass is 475 g/mol. The van der Waals surface area contributed by atoms with Crippen molar-refractivity contribution in [3.8, 4) is 0 Å². The molecule has 1 saturated carbocycles. The predicted molar refractivity (Wildman–Crippen MR) is 112 cm³/mol. The van der Waals surface area contributed by atoms with Gasteiger partial charge in [-0.1, -0.05) is 12.8 Å². The van der Waals surface area contributed by atoms with Crippen LogP contribution in [-0.2, 0) is 11.3 Å². The van der Waals surface area contributed by atoms with E-state index in [4.69, 9.17) is 14.1 Å². The number of carbonyl (C=O) groups excluding carboxylic acids is 1. The molecule has 0 amide bonds. The molecule has 7 heteroatoms. The Morgan fingerprint density at radius 2 is 2.00 bits per heavy atom. The number of hydrogen-bond donors (Lipinski definition) is 1. The Morgan fingerprint density at radius 1 is 1.35 bits per heavy atom. The fourth-order valence-electron chi connectivity index (χ4n) is 4.09. The van der Waals surface area contributed by atoms with Gasteiger partial charge < -0.3 is 19.4 Å². The van der Waals surface area contributed by atoms with Crippen LogP contribution in [0.4, 0.5) is 0 Å². The van der Waals surface area contributed by atoms with Crippen LogP contribution in [0.25, 0.3) is 0 Å². The summed E-state index contributed by atoms with van der Waals surface area (Å²) in [5.74, 6) is 3.47. The lowest BCUT2D eigenvalue weighted by molar-refractivity contribution is 0.0599. The Hall–Kier alpha value is -1.25. The van der Waals surface area contributed by atoms with Gasteiger partial charge in [0.05, 0.1) is 7.11 Å². The fraction of sp³-hybridized carbons (Fsp3) is 0.684. The van der Waals surface area contributed by atoms with Crippen LogP contribution in [0.1, 0.15) is 54.5 Å². The van der Waals surface area contributed by atoms with Crippen LogP contribution < -0.4 is 5.32 Å². The predicted octanol–water partition coefficient (Wildman–Crippen LogP) is 3.58. The molecule has 0 radical (unpaired) electrons. The molecule has 2 fully saturated rings. The molecule has 6 nitrogen and oxygen atoms in total. The summed E-state index contributed by atoms with van der Waals surface area (Å²) >= 11 is 0. The van der Waals surface area contributed by atoms with Crippen LogP contribution in [0.15, 0.2) is 15.5 Å². The molecule has 1 aliphatic carbocycles. The van der Waals surface area contributed by atoms with Crippen molar-refractivity contribution in [1.82, 2.24) is 10.2 Å². The number of furan rings is 1. The van der Waals surface area contributed by atoms with E-state index in [0.717, 1.165) is 37.4 Å². The standard InChI is InChI=1S/C19H29N3O3.HI/c1-4-20-19(22-11-14-7-5-6-8-15(14)12-22)21-10-16-9-17(13(2)25-16)18(23)24-3;/h9,14-15H,4-8,10-12H2,1-3H3,(H,20,21);1H. The van der Waals surface area contributed by atoms with Crippen molar-refractivity contribution in [2.75, 3.05) is 26.7 Å². The van der Waals surface area contributed by atoms with E-state index in [0.29, 0.717) is 23.6 Å². The van der Waals surface area contributed by atoms with Crippen molar-refractivity contribution in [1.29, 1.82) is 0 Å². The van der Waals surface area contributed by atoms with Gasteiger partial charge in [0, 0.05) is 19.6 Å². The molecule has 26 heavy (non-hydrogen) atoms. The molecule has 2 unspecified atom stereocenters. The van der Waals surface area contributed by atoms with Gasteiger partial charge in [-0.3, -0.25) is 0 Å². The molecule has 1 aromatic heterocycles. The zero-order valence-corrected chi connectivity index (χ0v) is 18.2. The molecule has 2 aliphatic rings. The van der Waals surface area contributed by atoms with Gasteiger partial charge in [0.2, 0.25) is 0 Å². The van der Waals surface area contributed by atoms with E-state index in [1.165, 1.54) is 32.8 Å². The molecule has 2 heterocycles. The summed E-state index contributed by atoms with van der Waals surface area (Å²) < 4.78 is 10.4. The molecule has 3 rings (SSSR count). The summed E-state index contributed by atoms with van der Waals surface area (Å²) in [6.07, 6.45) is 5.43. The third-order valence-electron chi connectivity index (χ3n) is 5.37. The Kier molecular flexibility index (Phi) is 7.79. The number of nitrogens with one attached hydrogen (secondary N) is 1. The molecule has 0 spiro atoms. The van der Waals surface area contributed by atoms with Crippen molar-refractivity contribution < 1.29 is 13.9 Å². The number of aliphatic imine (C=N–C) groups is 1. The highest BCUT2D eigenvalue weighted by molar-refractivity contribution is 14.0. The lowest BCUT2D eigenvalue weighted by Crippen LogP contribution is -2.40. The van der Waals surface area contributed by atoms with Crippen LogP contribution in [0, 0.1) is 18.8 Å². The number of methoxy groups -OCH3 is 1. The number of nitrogens with zero attached hydrogens (tertiary/aromatic N) is 2. The summed E-state index contributed by atoms with van der Waals surface area (Å²) in [5.41, 5.74) is 0.477. The lowest BCUT2D eigenvalue weighted by atomic mass is 9.82. The van der Waals surface area contributed by atoms with Crippen molar-refractivity contribution in [3.05, 3.63) is 23.2 Å². The van der Waals surface area contributed by atoms with Crippen molar-refractivity contribution in [3.63, 3.8) is 0 Å². The first-order chi connectivity index (χ1) is 12.1. The van der Waals surface area contributed by atoms with Crippen molar-refractivity contribution in [2.45, 2.75) is 46.1 Å². The van der Waals surface area contributed by atoms with E-state index in [9.17, 15) is 4.79 Å². The molecule has 1 aliphatic heterocycles. The molecule has 1 aromatic rings. The van der Waals surface area contributed by atoms with Gasteiger partial charge in [-0.05, 0) is 44.6 Å². The van der Waals surface area contributed by atoms with Gasteiger partial charge in [-0.2, -0.15) is 0 Å². The third-order valence-corrected chi connectivity index (χ3v) is 5.37. The zero-order chi connectivity index (χ0) is 17.8. The SMILES string of the molecule is CCNC(=NCc1cc(C(=O)OC)c(C)o1)N1CC2CCCCC2C1.I. The highest BCUT2D eigenvalue weighted by Crippen LogP contribution is 2.36. The molecule has 146 valence electrons. The zero-order valence-electron chi connectivity index (χ0n) is 15.9. The number of carbonyl (C=O) groups is 1. The quantitative estimate of drug-likeness (QED) is 0.312. The fourth-order valence-corrected chi connectivity index (χ4v) is 4.09. The Balaban J connectivity index is 0.00000243. The summed E-state index contributed by atoms with van der Waals surface area (Å²) in [7, 11) is 1.38. The van der Waals surface area contributed by atoms with Crippen LogP contribution in [-0.4, -0.2) is 43.6 Å². The number of hydrogen-bond acceptors (Lipinski definition) is 4. The third kappa shape index (κ3) is 4.72. The van der Waals surface area contributed by atoms with Crippen LogP contribution >= 0.6 is 24.0 Å². The number of fused-ring (bicyclic) bond motifs is 1. The van der Waals surface area contributed by atoms with Gasteiger partial charge in [-0.25, -0.2) is 9.79 Å². The molecular weight excluding hydrogens is 445 g/mol. The van der Waals surface area contributed by atoms with E-state index in [-0.39, 0.29) is 29.9 Å². The molecule has 1 N–H and O–H groups in total. The van der Waals surface area contributed by atoms with E-state index in [2.05, 4.69) is 17.1 Å². The summed E-state index contributed by atoms with van der Waals surface area (Å²) in [4.78, 5) is 18.8. The second kappa shape index (κ2) is 9.62. The van der Waals surface area contributed by atoms with Crippen LogP contribution in [0.2, 0.25) is 0 Å². The van der Waals surface area contributed by atoms with Gasteiger partial charge in [0.25, 0.3) is 0 Å². The van der Waals surface area contributed by atoms with Gasteiger partial charge >= 0.3 is 5.97 Å². The van der Waals surface area contributed by atoms with Gasteiger partial charge in [-0.15, -0.1) is 24.0 Å². The van der Waals surface area contributed by atoms with Crippen molar-refractivity contribution >= 4 is 35.9 Å². The first kappa shape index (κ1) is 21.1. The first-order valence-electron chi connectivity index (χ1n) is 9.33. The summed E-state index contributed by atoms with van der Waals surface area (Å²) in [5, 5.41) is 3.40. The number of guanidine groups is 1. The molecule has 2 atom stereocenters. The van der Waals surface area contributed by atoms with E-state index in [1.807, 2.05) is 0 Å². The van der Waals surface area contributed by atoms with Gasteiger partial charge in [0.1, 0.15) is 23.6 Å². The summed E-state index contributed by atoms with van der Waals surface area (Å²) in [6, 6.07) is 1.73. The molecular formula is C19H30IN3O3. The largest absolute Gasteiger partial charge is 0.465 e. The number of likely N-dealkylation sites (tertiary alicyclic amines) is 1. The van der Waals surface area contributed by atoms with Crippen LogP contribution in [0.5, 0.6) is 0 Å². The Morgan fingerprint density at radius 3 is 2.58 bits per heavy atom. The second-order valence-electron chi connectivity index (χ2n) is 7.05. The smallest absolute Gasteiger partial charge is 0.341 e. The molecule has 1 saturated heterocycles. The maximum Gasteiger partial charge on any atom is 0.341 e. The van der Waals surface area contributed by atoms with Gasteiger partial charge in [0.15, 0.2) is 5.96 Å². The minimum Gasteiger partial charge on any atom is -0.465 e. The van der Waals surface area contributed by atoms with E-state index >= 15 is 0 Å². The molecule has 0 aromatic carbocycles. The number of ether oxygens (including phenoxy) is 1. The van der Waals surface area contributed by atoms with Crippen LogP contribution in [0.3, 0.4) is 0 Å². The number of halogens is 1. The average Bonchev–Trinajstić information content (AvgIpc) is 3.21.